The molecule has 0 aromatic heterocycles. The first-order chi connectivity index (χ1) is 7.91. The first-order valence-electron chi connectivity index (χ1n) is 5.98. The van der Waals surface area contributed by atoms with E-state index in [0.717, 1.165) is 6.42 Å². The monoisotopic (exact) mass is 270 g/mol. The third-order valence-corrected chi connectivity index (χ3v) is 2.77. The number of nitrogens with one attached hydrogen (secondary N) is 1. The standard InChI is InChI=1S/C14H22N2O.ClH/c1-14(2,3)12(15)13(17)16-10-9-11-7-5-4-6-8-11;/h4-8,12H,9-10,15H2,1-3H3,(H,16,17);1H/t12-;/m1./s1. The van der Waals surface area contributed by atoms with Crippen molar-refractivity contribution in [2.75, 3.05) is 6.54 Å². The van der Waals surface area contributed by atoms with Gasteiger partial charge < -0.3 is 11.1 Å². The van der Waals surface area contributed by atoms with Crippen molar-refractivity contribution < 1.29 is 4.79 Å². The van der Waals surface area contributed by atoms with Crippen molar-refractivity contribution in [3.63, 3.8) is 0 Å². The Hall–Kier alpha value is -1.06. The summed E-state index contributed by atoms with van der Waals surface area (Å²) in [7, 11) is 0. The topological polar surface area (TPSA) is 55.1 Å². The molecule has 0 fully saturated rings. The molecule has 1 rings (SSSR count). The van der Waals surface area contributed by atoms with Crippen molar-refractivity contribution in [1.29, 1.82) is 0 Å². The van der Waals surface area contributed by atoms with Crippen LogP contribution in [-0.2, 0) is 11.2 Å². The van der Waals surface area contributed by atoms with Crippen LogP contribution in [0.1, 0.15) is 26.3 Å². The molecule has 1 atom stereocenters. The molecule has 0 heterocycles. The Bertz CT molecular complexity index is 360. The maximum absolute atomic E-state index is 11.7. The lowest BCUT2D eigenvalue weighted by Gasteiger charge is -2.25. The van der Waals surface area contributed by atoms with Gasteiger partial charge in [0.15, 0.2) is 0 Å². The number of hydrogen-bond acceptors (Lipinski definition) is 2. The van der Waals surface area contributed by atoms with Crippen molar-refractivity contribution in [3.05, 3.63) is 35.9 Å². The van der Waals surface area contributed by atoms with Crippen LogP contribution in [-0.4, -0.2) is 18.5 Å². The van der Waals surface area contributed by atoms with Gasteiger partial charge >= 0.3 is 0 Å². The summed E-state index contributed by atoms with van der Waals surface area (Å²) in [6.45, 7) is 6.53. The Labute approximate surface area is 116 Å². The van der Waals surface area contributed by atoms with Gasteiger partial charge in [-0.3, -0.25) is 4.79 Å². The molecule has 0 unspecified atom stereocenters. The van der Waals surface area contributed by atoms with Gasteiger partial charge in [0.2, 0.25) is 5.91 Å². The predicted octanol–water partition coefficient (Wildman–Crippen LogP) is 2.14. The van der Waals surface area contributed by atoms with Crippen LogP contribution < -0.4 is 11.1 Å². The zero-order valence-corrected chi connectivity index (χ0v) is 12.1. The van der Waals surface area contributed by atoms with Crippen molar-refractivity contribution in [1.82, 2.24) is 5.32 Å². The predicted molar refractivity (Wildman–Crippen MR) is 77.8 cm³/mol. The van der Waals surface area contributed by atoms with E-state index in [1.54, 1.807) is 0 Å². The van der Waals surface area contributed by atoms with Crippen LogP contribution in [0.5, 0.6) is 0 Å². The molecule has 1 amide bonds. The van der Waals surface area contributed by atoms with Crippen LogP contribution in [0.2, 0.25) is 0 Å². The Morgan fingerprint density at radius 2 is 1.83 bits per heavy atom. The van der Waals surface area contributed by atoms with Gasteiger partial charge in [-0.1, -0.05) is 51.1 Å². The summed E-state index contributed by atoms with van der Waals surface area (Å²) in [5.41, 5.74) is 6.88. The third kappa shape index (κ3) is 5.52. The minimum Gasteiger partial charge on any atom is -0.354 e. The minimum atomic E-state index is -0.460. The fraction of sp³-hybridized carbons (Fsp3) is 0.500. The van der Waals surface area contributed by atoms with Crippen LogP contribution in [0.4, 0.5) is 0 Å². The number of hydrogen-bond donors (Lipinski definition) is 2. The van der Waals surface area contributed by atoms with Crippen molar-refractivity contribution in [2.45, 2.75) is 33.2 Å². The summed E-state index contributed by atoms with van der Waals surface area (Å²) in [6, 6.07) is 9.62. The van der Waals surface area contributed by atoms with Gasteiger partial charge in [-0.05, 0) is 17.4 Å². The lowest BCUT2D eigenvalue weighted by Crippen LogP contribution is -2.48. The first-order valence-corrected chi connectivity index (χ1v) is 5.98. The maximum Gasteiger partial charge on any atom is 0.237 e. The van der Waals surface area contributed by atoms with E-state index in [1.165, 1.54) is 5.56 Å². The van der Waals surface area contributed by atoms with Crippen LogP contribution >= 0.6 is 12.4 Å². The Balaban J connectivity index is 0.00000289. The van der Waals surface area contributed by atoms with Gasteiger partial charge in [0.05, 0.1) is 6.04 Å². The fourth-order valence-corrected chi connectivity index (χ4v) is 1.48. The molecule has 0 radical (unpaired) electrons. The van der Waals surface area contributed by atoms with Gasteiger partial charge in [-0.2, -0.15) is 0 Å². The van der Waals surface area contributed by atoms with E-state index >= 15 is 0 Å². The number of carbonyl (C=O) groups excluding carboxylic acids is 1. The highest BCUT2D eigenvalue weighted by molar-refractivity contribution is 5.85. The van der Waals surface area contributed by atoms with E-state index in [0.29, 0.717) is 6.54 Å². The summed E-state index contributed by atoms with van der Waals surface area (Å²) in [5, 5.41) is 2.87. The highest BCUT2D eigenvalue weighted by atomic mass is 35.5. The summed E-state index contributed by atoms with van der Waals surface area (Å²) in [5.74, 6) is -0.0755. The van der Waals surface area contributed by atoms with E-state index in [-0.39, 0.29) is 23.7 Å². The minimum absolute atomic E-state index is 0. The lowest BCUT2D eigenvalue weighted by atomic mass is 9.87. The molecular formula is C14H23ClN2O. The number of rotatable bonds is 4. The molecule has 0 bridgehead atoms. The van der Waals surface area contributed by atoms with Crippen LogP contribution in [0.3, 0.4) is 0 Å². The van der Waals surface area contributed by atoms with Crippen molar-refractivity contribution in [2.24, 2.45) is 11.1 Å². The second-order valence-electron chi connectivity index (χ2n) is 5.37. The number of halogens is 1. The zero-order chi connectivity index (χ0) is 12.9. The largest absolute Gasteiger partial charge is 0.354 e. The highest BCUT2D eigenvalue weighted by Gasteiger charge is 2.26. The van der Waals surface area contributed by atoms with Crippen LogP contribution in [0, 0.1) is 5.41 Å². The number of amides is 1. The first kappa shape index (κ1) is 16.9. The average molecular weight is 271 g/mol. The van der Waals surface area contributed by atoms with Gasteiger partial charge in [-0.15, -0.1) is 12.4 Å². The van der Waals surface area contributed by atoms with Crippen LogP contribution in [0.25, 0.3) is 0 Å². The van der Waals surface area contributed by atoms with E-state index in [2.05, 4.69) is 17.4 Å². The molecule has 0 saturated heterocycles. The second kappa shape index (κ2) is 7.39. The second-order valence-corrected chi connectivity index (χ2v) is 5.37. The van der Waals surface area contributed by atoms with E-state index in [1.807, 2.05) is 39.0 Å². The Morgan fingerprint density at radius 1 is 1.28 bits per heavy atom. The van der Waals surface area contributed by atoms with Gasteiger partial charge in [0.25, 0.3) is 0 Å². The zero-order valence-electron chi connectivity index (χ0n) is 11.3. The Kier molecular flexibility index (Phi) is 6.96. The lowest BCUT2D eigenvalue weighted by molar-refractivity contribution is -0.124. The molecule has 1 aromatic carbocycles. The number of benzene rings is 1. The molecule has 102 valence electrons. The van der Waals surface area contributed by atoms with E-state index < -0.39 is 6.04 Å². The molecule has 1 aromatic rings. The summed E-state index contributed by atoms with van der Waals surface area (Å²) < 4.78 is 0. The molecule has 0 spiro atoms. The average Bonchev–Trinajstić information content (AvgIpc) is 2.28. The summed E-state index contributed by atoms with van der Waals surface area (Å²) in [6.07, 6.45) is 0.837. The fourth-order valence-electron chi connectivity index (χ4n) is 1.48. The molecule has 3 N–H and O–H groups in total. The molecular weight excluding hydrogens is 248 g/mol. The number of carbonyl (C=O) groups is 1. The number of nitrogens with two attached hydrogens (primary N) is 1. The Morgan fingerprint density at radius 3 is 2.33 bits per heavy atom. The summed E-state index contributed by atoms with van der Waals surface area (Å²) >= 11 is 0. The van der Waals surface area contributed by atoms with E-state index in [9.17, 15) is 4.79 Å². The normalized spacial score (nSPS) is 12.4. The molecule has 0 aliphatic heterocycles. The van der Waals surface area contributed by atoms with Gasteiger partial charge in [0.1, 0.15) is 0 Å². The van der Waals surface area contributed by atoms with Crippen molar-refractivity contribution >= 4 is 18.3 Å². The highest BCUT2D eigenvalue weighted by Crippen LogP contribution is 2.17. The molecule has 0 saturated carbocycles. The molecule has 4 heteroatoms. The quantitative estimate of drug-likeness (QED) is 0.881. The smallest absolute Gasteiger partial charge is 0.237 e. The SMILES string of the molecule is CC(C)(C)[C@H](N)C(=O)NCCc1ccccc1.Cl. The van der Waals surface area contributed by atoms with Crippen LogP contribution in [0.15, 0.2) is 30.3 Å². The molecule has 18 heavy (non-hydrogen) atoms. The van der Waals surface area contributed by atoms with Gasteiger partial charge in [0, 0.05) is 6.54 Å². The van der Waals surface area contributed by atoms with E-state index in [4.69, 9.17) is 5.73 Å². The third-order valence-electron chi connectivity index (χ3n) is 2.77. The maximum atomic E-state index is 11.7. The van der Waals surface area contributed by atoms with Gasteiger partial charge in [-0.25, -0.2) is 0 Å². The molecule has 0 aliphatic rings. The molecule has 3 nitrogen and oxygen atoms in total. The molecule has 0 aliphatic carbocycles. The van der Waals surface area contributed by atoms with Crippen molar-refractivity contribution in [3.8, 4) is 0 Å². The summed E-state index contributed by atoms with van der Waals surface area (Å²) in [4.78, 5) is 11.7.